The molecule has 1 atom stereocenters. The van der Waals surface area contributed by atoms with E-state index in [0.717, 1.165) is 31.5 Å². The van der Waals surface area contributed by atoms with Crippen molar-refractivity contribution < 1.29 is 9.53 Å². The van der Waals surface area contributed by atoms with Crippen molar-refractivity contribution in [2.75, 3.05) is 19.5 Å². The molecule has 3 aromatic rings. The van der Waals surface area contributed by atoms with Gasteiger partial charge in [0.1, 0.15) is 15.7 Å². The van der Waals surface area contributed by atoms with Crippen LogP contribution in [-0.4, -0.2) is 41.4 Å². The van der Waals surface area contributed by atoms with Gasteiger partial charge in [0.15, 0.2) is 0 Å². The Morgan fingerprint density at radius 3 is 2.81 bits per heavy atom. The van der Waals surface area contributed by atoms with Gasteiger partial charge in [-0.2, -0.15) is 0 Å². The van der Waals surface area contributed by atoms with Crippen molar-refractivity contribution in [2.45, 2.75) is 24.9 Å². The number of hydrogen-bond acceptors (Lipinski definition) is 6. The molecule has 0 unspecified atom stereocenters. The molecular weight excluding hydrogens is 366 g/mol. The number of aryl methyl sites for hydroxylation is 1. The summed E-state index contributed by atoms with van der Waals surface area (Å²) in [4.78, 5) is 23.3. The zero-order valence-corrected chi connectivity index (χ0v) is 16.6. The molecule has 0 aliphatic heterocycles. The Labute approximate surface area is 161 Å². The number of thiophene rings is 1. The fourth-order valence-corrected chi connectivity index (χ4v) is 4.60. The van der Waals surface area contributed by atoms with Gasteiger partial charge in [0.25, 0.3) is 0 Å². The number of amides is 1. The fourth-order valence-electron chi connectivity index (χ4n) is 2.59. The van der Waals surface area contributed by atoms with E-state index in [4.69, 9.17) is 4.74 Å². The van der Waals surface area contributed by atoms with Gasteiger partial charge in [-0.3, -0.25) is 4.79 Å². The standard InChI is InChI=1S/C19H21N3O2S2/c1-12(10-24-3)20-17(23)11-25-18-15-9-16(14-7-5-4-6-8-14)26-19(15)22-13(2)21-18/h4-9,12H,10-11H2,1-3H3,(H,20,23)/t12-/m0/s1. The van der Waals surface area contributed by atoms with Crippen molar-refractivity contribution >= 4 is 39.2 Å². The molecule has 1 amide bonds. The first-order valence-corrected chi connectivity index (χ1v) is 10.1. The minimum absolute atomic E-state index is 0.00825. The van der Waals surface area contributed by atoms with Crippen LogP contribution in [0.5, 0.6) is 0 Å². The van der Waals surface area contributed by atoms with E-state index in [9.17, 15) is 4.79 Å². The van der Waals surface area contributed by atoms with Crippen molar-refractivity contribution in [1.29, 1.82) is 0 Å². The van der Waals surface area contributed by atoms with Crippen molar-refractivity contribution in [3.05, 3.63) is 42.2 Å². The summed E-state index contributed by atoms with van der Waals surface area (Å²) < 4.78 is 5.04. The van der Waals surface area contributed by atoms with Crippen molar-refractivity contribution in [3.8, 4) is 10.4 Å². The Morgan fingerprint density at radius 1 is 1.31 bits per heavy atom. The van der Waals surface area contributed by atoms with Crippen LogP contribution in [-0.2, 0) is 9.53 Å². The summed E-state index contributed by atoms with van der Waals surface area (Å²) in [5.74, 6) is 1.01. The van der Waals surface area contributed by atoms with Crippen LogP contribution >= 0.6 is 23.1 Å². The molecule has 1 aromatic carbocycles. The Hall–Kier alpha value is -1.96. The van der Waals surface area contributed by atoms with E-state index in [-0.39, 0.29) is 11.9 Å². The molecule has 3 rings (SSSR count). The van der Waals surface area contributed by atoms with Crippen molar-refractivity contribution in [3.63, 3.8) is 0 Å². The van der Waals surface area contributed by atoms with E-state index < -0.39 is 0 Å². The normalized spacial score (nSPS) is 12.3. The maximum Gasteiger partial charge on any atom is 0.230 e. The van der Waals surface area contributed by atoms with E-state index in [1.54, 1.807) is 18.4 Å². The molecule has 0 aliphatic rings. The molecule has 7 heteroatoms. The maximum atomic E-state index is 12.1. The Balaban J connectivity index is 1.80. The summed E-state index contributed by atoms with van der Waals surface area (Å²) in [5.41, 5.74) is 1.16. The van der Waals surface area contributed by atoms with E-state index in [0.29, 0.717) is 12.4 Å². The predicted octanol–water partition coefficient (Wildman–Crippen LogP) is 3.91. The molecule has 0 saturated carbocycles. The third-order valence-electron chi connectivity index (χ3n) is 3.69. The fraction of sp³-hybridized carbons (Fsp3) is 0.316. The second-order valence-electron chi connectivity index (χ2n) is 5.98. The first-order chi connectivity index (χ1) is 12.6. The van der Waals surface area contributed by atoms with Gasteiger partial charge < -0.3 is 10.1 Å². The van der Waals surface area contributed by atoms with Crippen LogP contribution in [0.2, 0.25) is 0 Å². The Kier molecular flexibility index (Phi) is 6.24. The number of aromatic nitrogens is 2. The summed E-state index contributed by atoms with van der Waals surface area (Å²) in [6, 6.07) is 12.3. The highest BCUT2D eigenvalue weighted by Gasteiger charge is 2.14. The van der Waals surface area contributed by atoms with Crippen LogP contribution in [0.25, 0.3) is 20.7 Å². The third-order valence-corrected chi connectivity index (χ3v) is 5.76. The van der Waals surface area contributed by atoms with Gasteiger partial charge in [-0.1, -0.05) is 42.1 Å². The van der Waals surface area contributed by atoms with Crippen LogP contribution < -0.4 is 5.32 Å². The largest absolute Gasteiger partial charge is 0.383 e. The highest BCUT2D eigenvalue weighted by atomic mass is 32.2. The SMILES string of the molecule is COC[C@H](C)NC(=O)CSc1nc(C)nc2sc(-c3ccccc3)cc12. The third kappa shape index (κ3) is 4.60. The lowest BCUT2D eigenvalue weighted by molar-refractivity contribution is -0.119. The zero-order valence-electron chi connectivity index (χ0n) is 15.0. The summed E-state index contributed by atoms with van der Waals surface area (Å²) in [6.45, 7) is 4.30. The first-order valence-electron chi connectivity index (χ1n) is 8.31. The molecule has 5 nitrogen and oxygen atoms in total. The number of hydrogen-bond donors (Lipinski definition) is 1. The monoisotopic (exact) mass is 387 g/mol. The van der Waals surface area contributed by atoms with Crippen molar-refractivity contribution in [1.82, 2.24) is 15.3 Å². The quantitative estimate of drug-likeness (QED) is 0.492. The highest BCUT2D eigenvalue weighted by molar-refractivity contribution is 8.00. The van der Waals surface area contributed by atoms with Gasteiger partial charge in [-0.15, -0.1) is 11.3 Å². The van der Waals surface area contributed by atoms with Gasteiger partial charge in [0.05, 0.1) is 12.4 Å². The lowest BCUT2D eigenvalue weighted by atomic mass is 10.2. The number of rotatable bonds is 7. The number of methoxy groups -OCH3 is 1. The number of nitrogens with one attached hydrogen (secondary N) is 1. The molecule has 0 fully saturated rings. The van der Waals surface area contributed by atoms with Gasteiger partial charge in [0, 0.05) is 23.4 Å². The zero-order chi connectivity index (χ0) is 18.5. The smallest absolute Gasteiger partial charge is 0.230 e. The summed E-state index contributed by atoms with van der Waals surface area (Å²) >= 11 is 3.09. The topological polar surface area (TPSA) is 64.1 Å². The van der Waals surface area contributed by atoms with Gasteiger partial charge in [0.2, 0.25) is 5.91 Å². The van der Waals surface area contributed by atoms with E-state index in [1.807, 2.05) is 32.0 Å². The second-order valence-corrected chi connectivity index (χ2v) is 7.98. The van der Waals surface area contributed by atoms with Gasteiger partial charge in [-0.25, -0.2) is 9.97 Å². The minimum atomic E-state index is -0.0255. The number of benzene rings is 1. The predicted molar refractivity (Wildman–Crippen MR) is 108 cm³/mol. The minimum Gasteiger partial charge on any atom is -0.383 e. The number of ether oxygens (including phenoxy) is 1. The van der Waals surface area contributed by atoms with E-state index >= 15 is 0 Å². The number of thioether (sulfide) groups is 1. The van der Waals surface area contributed by atoms with Crippen molar-refractivity contribution in [2.24, 2.45) is 0 Å². The lowest BCUT2D eigenvalue weighted by Gasteiger charge is -2.12. The van der Waals surface area contributed by atoms with E-state index in [1.165, 1.54) is 11.8 Å². The highest BCUT2D eigenvalue weighted by Crippen LogP contribution is 2.36. The molecule has 136 valence electrons. The summed E-state index contributed by atoms with van der Waals surface area (Å²) in [7, 11) is 1.62. The molecule has 1 N–H and O–H groups in total. The van der Waals surface area contributed by atoms with Crippen LogP contribution in [0.15, 0.2) is 41.4 Å². The Morgan fingerprint density at radius 2 is 2.08 bits per heavy atom. The lowest BCUT2D eigenvalue weighted by Crippen LogP contribution is -2.36. The summed E-state index contributed by atoms with van der Waals surface area (Å²) in [6.07, 6.45) is 0. The van der Waals surface area contributed by atoms with Crippen LogP contribution in [0.4, 0.5) is 0 Å². The Bertz CT molecular complexity index is 896. The van der Waals surface area contributed by atoms with Gasteiger partial charge in [-0.05, 0) is 25.5 Å². The number of nitrogens with zero attached hydrogens (tertiary/aromatic N) is 2. The van der Waals surface area contributed by atoms with Crippen LogP contribution in [0, 0.1) is 6.92 Å². The van der Waals surface area contributed by atoms with E-state index in [2.05, 4.69) is 33.5 Å². The van der Waals surface area contributed by atoms with Crippen LogP contribution in [0.3, 0.4) is 0 Å². The van der Waals surface area contributed by atoms with Gasteiger partial charge >= 0.3 is 0 Å². The number of carbonyl (C=O) groups is 1. The summed E-state index contributed by atoms with van der Waals surface area (Å²) in [5, 5.41) is 4.77. The molecule has 0 radical (unpaired) electrons. The average Bonchev–Trinajstić information content (AvgIpc) is 3.04. The molecular formula is C19H21N3O2S2. The average molecular weight is 388 g/mol. The number of fused-ring (bicyclic) bond motifs is 1. The molecule has 0 bridgehead atoms. The molecule has 0 saturated heterocycles. The molecule has 0 spiro atoms. The molecule has 2 heterocycles. The molecule has 2 aromatic heterocycles. The maximum absolute atomic E-state index is 12.1. The first kappa shape index (κ1) is 18.8. The second kappa shape index (κ2) is 8.62. The molecule has 26 heavy (non-hydrogen) atoms. The van der Waals surface area contributed by atoms with Crippen LogP contribution in [0.1, 0.15) is 12.7 Å². The number of carbonyl (C=O) groups excluding carboxylic acids is 1. The molecule has 0 aliphatic carbocycles.